The number of benzene rings is 3. The highest BCUT2D eigenvalue weighted by Crippen LogP contribution is 2.37. The minimum absolute atomic E-state index is 0.155. The Morgan fingerprint density at radius 2 is 1.72 bits per heavy atom. The van der Waals surface area contributed by atoms with E-state index in [2.05, 4.69) is 36.2 Å². The van der Waals surface area contributed by atoms with Crippen LogP contribution >= 0.6 is 15.9 Å². The van der Waals surface area contributed by atoms with E-state index in [1.54, 1.807) is 23.0 Å². The molecule has 0 atom stereocenters. The molecular formula is C24H16BrN5O2. The quantitative estimate of drug-likeness (QED) is 0.287. The molecule has 5 rings (SSSR count). The number of hydrogen-bond donors (Lipinski definition) is 2. The summed E-state index contributed by atoms with van der Waals surface area (Å²) in [5.74, 6) is -0.715. The van der Waals surface area contributed by atoms with Crippen LogP contribution < -0.4 is 0 Å². The largest absolute Gasteiger partial charge is 0.493 e. The lowest BCUT2D eigenvalue weighted by atomic mass is 10.1. The molecule has 8 heteroatoms. The van der Waals surface area contributed by atoms with E-state index in [1.165, 1.54) is 0 Å². The summed E-state index contributed by atoms with van der Waals surface area (Å²) in [5.41, 5.74) is 3.31. The van der Waals surface area contributed by atoms with Crippen molar-refractivity contribution in [3.05, 3.63) is 95.1 Å². The molecule has 0 spiro atoms. The Morgan fingerprint density at radius 1 is 1.00 bits per heavy atom. The fourth-order valence-electron chi connectivity index (χ4n) is 3.44. The summed E-state index contributed by atoms with van der Waals surface area (Å²) in [6.45, 7) is 0. The standard InChI is InChI=1S/C24H16BrN5O2/c25-16-11-12-20-18(13-16)22(24(32)26-20)27-28-23(31)19-14-30(17-9-5-2-6-10-17)29-21(19)15-7-3-1-4-8-15/h1-14,26,32H. The van der Waals surface area contributed by atoms with Gasteiger partial charge in [0.1, 0.15) is 5.69 Å². The van der Waals surface area contributed by atoms with Gasteiger partial charge in [0.25, 0.3) is 5.91 Å². The summed E-state index contributed by atoms with van der Waals surface area (Å²) in [4.78, 5) is 15.9. The topological polar surface area (TPSA) is 95.6 Å². The molecule has 0 saturated carbocycles. The van der Waals surface area contributed by atoms with Gasteiger partial charge in [-0.1, -0.05) is 64.5 Å². The van der Waals surface area contributed by atoms with Crippen LogP contribution in [0.3, 0.4) is 0 Å². The van der Waals surface area contributed by atoms with Crippen molar-refractivity contribution in [3.8, 4) is 22.8 Å². The Hall–Kier alpha value is -4.04. The minimum atomic E-state index is -0.560. The van der Waals surface area contributed by atoms with E-state index in [-0.39, 0.29) is 11.6 Å². The number of amides is 1. The second-order valence-electron chi connectivity index (χ2n) is 7.05. The van der Waals surface area contributed by atoms with Crippen molar-refractivity contribution in [1.29, 1.82) is 0 Å². The Labute approximate surface area is 191 Å². The average molecular weight is 486 g/mol. The van der Waals surface area contributed by atoms with Crippen LogP contribution in [0.5, 0.6) is 5.88 Å². The van der Waals surface area contributed by atoms with E-state index in [9.17, 15) is 9.90 Å². The highest BCUT2D eigenvalue weighted by molar-refractivity contribution is 9.10. The number of halogens is 1. The van der Waals surface area contributed by atoms with Crippen molar-refractivity contribution in [3.63, 3.8) is 0 Å². The minimum Gasteiger partial charge on any atom is -0.493 e. The maximum absolute atomic E-state index is 13.1. The number of H-pyrrole nitrogens is 1. The lowest BCUT2D eigenvalue weighted by Gasteiger charge is -2.00. The fourth-order valence-corrected chi connectivity index (χ4v) is 3.80. The van der Waals surface area contributed by atoms with Gasteiger partial charge >= 0.3 is 0 Å². The zero-order chi connectivity index (χ0) is 22.1. The molecule has 3 aromatic carbocycles. The van der Waals surface area contributed by atoms with Gasteiger partial charge in [-0.3, -0.25) is 4.79 Å². The first kappa shape index (κ1) is 19.9. The van der Waals surface area contributed by atoms with Crippen LogP contribution in [0.25, 0.3) is 27.8 Å². The third-order valence-corrected chi connectivity index (χ3v) is 5.46. The molecule has 0 unspecified atom stereocenters. The van der Waals surface area contributed by atoms with Crippen molar-refractivity contribution < 1.29 is 9.90 Å². The van der Waals surface area contributed by atoms with Gasteiger partial charge in [0, 0.05) is 21.6 Å². The fraction of sp³-hybridized carbons (Fsp3) is 0. The van der Waals surface area contributed by atoms with Gasteiger partial charge in [0.2, 0.25) is 5.88 Å². The Bertz CT molecular complexity index is 1460. The normalized spacial score (nSPS) is 11.4. The van der Waals surface area contributed by atoms with Gasteiger partial charge in [-0.2, -0.15) is 5.10 Å². The molecule has 1 amide bonds. The van der Waals surface area contributed by atoms with E-state index >= 15 is 0 Å². The summed E-state index contributed by atoms with van der Waals surface area (Å²) in [7, 11) is 0. The first-order valence-electron chi connectivity index (χ1n) is 9.77. The summed E-state index contributed by atoms with van der Waals surface area (Å²) >= 11 is 3.41. The predicted octanol–water partition coefficient (Wildman–Crippen LogP) is 6.41. The van der Waals surface area contributed by atoms with E-state index in [0.29, 0.717) is 22.2 Å². The first-order valence-corrected chi connectivity index (χ1v) is 10.6. The maximum atomic E-state index is 13.1. The van der Waals surface area contributed by atoms with Crippen molar-refractivity contribution in [2.75, 3.05) is 0 Å². The van der Waals surface area contributed by atoms with Gasteiger partial charge in [-0.05, 0) is 30.3 Å². The van der Waals surface area contributed by atoms with Crippen LogP contribution in [-0.4, -0.2) is 25.8 Å². The molecule has 2 aromatic heterocycles. The van der Waals surface area contributed by atoms with E-state index in [0.717, 1.165) is 15.7 Å². The zero-order valence-electron chi connectivity index (χ0n) is 16.6. The van der Waals surface area contributed by atoms with Gasteiger partial charge in [-0.25, -0.2) is 4.68 Å². The molecule has 0 bridgehead atoms. The third-order valence-electron chi connectivity index (χ3n) is 4.97. The SMILES string of the molecule is O=C(N=Nc1c(O)[nH]c2ccc(Br)cc12)c1cn(-c2ccccc2)nc1-c1ccccc1. The molecule has 32 heavy (non-hydrogen) atoms. The molecule has 0 saturated heterocycles. The van der Waals surface area contributed by atoms with Crippen molar-refractivity contribution in [2.45, 2.75) is 0 Å². The van der Waals surface area contributed by atoms with Crippen molar-refractivity contribution in [2.24, 2.45) is 10.2 Å². The highest BCUT2D eigenvalue weighted by Gasteiger charge is 2.19. The third kappa shape index (κ3) is 3.72. The molecule has 0 radical (unpaired) electrons. The number of nitrogens with one attached hydrogen (secondary N) is 1. The average Bonchev–Trinajstić information content (AvgIpc) is 3.40. The molecule has 0 aliphatic carbocycles. The zero-order valence-corrected chi connectivity index (χ0v) is 18.2. The van der Waals surface area contributed by atoms with Crippen LogP contribution in [-0.2, 0) is 0 Å². The number of para-hydroxylation sites is 1. The van der Waals surface area contributed by atoms with E-state index < -0.39 is 5.91 Å². The molecular weight excluding hydrogens is 470 g/mol. The molecule has 2 N–H and O–H groups in total. The van der Waals surface area contributed by atoms with Gasteiger partial charge in [-0.15, -0.1) is 10.2 Å². The van der Waals surface area contributed by atoms with Crippen LogP contribution in [0.15, 0.2) is 99.8 Å². The lowest BCUT2D eigenvalue weighted by molar-refractivity contribution is 0.0995. The summed E-state index contributed by atoms with van der Waals surface area (Å²) < 4.78 is 2.47. The molecule has 2 heterocycles. The number of carbonyl (C=O) groups is 1. The van der Waals surface area contributed by atoms with Crippen LogP contribution in [0, 0.1) is 0 Å². The number of rotatable bonds is 4. The van der Waals surface area contributed by atoms with E-state index in [1.807, 2.05) is 66.7 Å². The Kier molecular flexibility index (Phi) is 5.12. The number of aromatic nitrogens is 3. The van der Waals surface area contributed by atoms with Gasteiger partial charge < -0.3 is 10.1 Å². The number of fused-ring (bicyclic) bond motifs is 1. The number of carbonyl (C=O) groups excluding carboxylic acids is 1. The monoisotopic (exact) mass is 485 g/mol. The van der Waals surface area contributed by atoms with Gasteiger partial charge in [0.15, 0.2) is 5.69 Å². The van der Waals surface area contributed by atoms with E-state index in [4.69, 9.17) is 0 Å². The highest BCUT2D eigenvalue weighted by atomic mass is 79.9. The number of azo groups is 1. The number of aromatic amines is 1. The molecule has 0 aliphatic heterocycles. The maximum Gasteiger partial charge on any atom is 0.299 e. The molecule has 0 aliphatic rings. The number of nitrogens with zero attached hydrogens (tertiary/aromatic N) is 4. The van der Waals surface area contributed by atoms with Gasteiger partial charge in [0.05, 0.1) is 16.8 Å². The summed E-state index contributed by atoms with van der Waals surface area (Å²) in [6, 6.07) is 24.4. The second kappa shape index (κ2) is 8.24. The predicted molar refractivity (Wildman–Crippen MR) is 126 cm³/mol. The summed E-state index contributed by atoms with van der Waals surface area (Å²) in [6.07, 6.45) is 1.64. The molecule has 7 nitrogen and oxygen atoms in total. The first-order chi connectivity index (χ1) is 15.6. The smallest absolute Gasteiger partial charge is 0.299 e. The number of hydrogen-bond acceptors (Lipinski definition) is 4. The molecule has 5 aromatic rings. The van der Waals surface area contributed by atoms with Crippen LogP contribution in [0.1, 0.15) is 10.4 Å². The lowest BCUT2D eigenvalue weighted by Crippen LogP contribution is -1.94. The molecule has 0 fully saturated rings. The molecule has 156 valence electrons. The number of aromatic hydroxyl groups is 1. The van der Waals surface area contributed by atoms with Crippen molar-refractivity contribution >= 4 is 38.4 Å². The summed E-state index contributed by atoms with van der Waals surface area (Å²) in [5, 5.41) is 23.5. The van der Waals surface area contributed by atoms with Crippen molar-refractivity contribution in [1.82, 2.24) is 14.8 Å². The second-order valence-corrected chi connectivity index (χ2v) is 7.97. The van der Waals surface area contributed by atoms with Crippen LogP contribution in [0.2, 0.25) is 0 Å². The Balaban J connectivity index is 1.57. The van der Waals surface area contributed by atoms with Crippen LogP contribution in [0.4, 0.5) is 5.69 Å². The Morgan fingerprint density at radius 3 is 2.47 bits per heavy atom.